The number of thiophene rings is 1. The van der Waals surface area contributed by atoms with Crippen LogP contribution in [-0.2, 0) is 19.5 Å². The Kier molecular flexibility index (Phi) is 4.73. The van der Waals surface area contributed by atoms with Gasteiger partial charge in [0, 0.05) is 29.7 Å². The van der Waals surface area contributed by atoms with E-state index >= 15 is 0 Å². The Morgan fingerprint density at radius 1 is 1.47 bits per heavy atom. The van der Waals surface area contributed by atoms with Crippen molar-refractivity contribution < 1.29 is 5.11 Å². The quantitative estimate of drug-likeness (QED) is 0.729. The van der Waals surface area contributed by atoms with Gasteiger partial charge in [-0.2, -0.15) is 5.10 Å². The van der Waals surface area contributed by atoms with E-state index in [9.17, 15) is 0 Å². The highest BCUT2D eigenvalue weighted by Gasteiger charge is 1.98. The van der Waals surface area contributed by atoms with Crippen molar-refractivity contribution in [2.45, 2.75) is 19.5 Å². The van der Waals surface area contributed by atoms with Gasteiger partial charge in [0.2, 0.25) is 0 Å². The number of hydrogen-bond acceptors (Lipinski definition) is 4. The monoisotopic (exact) mass is 251 g/mol. The maximum atomic E-state index is 8.77. The van der Waals surface area contributed by atoms with Gasteiger partial charge in [0.1, 0.15) is 0 Å². The fourth-order valence-electron chi connectivity index (χ4n) is 1.62. The largest absolute Gasteiger partial charge is 0.394 e. The summed E-state index contributed by atoms with van der Waals surface area (Å²) in [5.41, 5.74) is 1.16. The van der Waals surface area contributed by atoms with E-state index in [1.54, 1.807) is 16.0 Å². The zero-order valence-electron chi connectivity index (χ0n) is 9.67. The third-order valence-electron chi connectivity index (χ3n) is 2.47. The number of nitrogens with zero attached hydrogens (tertiary/aromatic N) is 2. The van der Waals surface area contributed by atoms with Crippen LogP contribution in [0.2, 0.25) is 0 Å². The topological polar surface area (TPSA) is 50.1 Å². The van der Waals surface area contributed by atoms with Gasteiger partial charge < -0.3 is 10.4 Å². The van der Waals surface area contributed by atoms with Crippen molar-refractivity contribution >= 4 is 11.3 Å². The molecule has 0 radical (unpaired) electrons. The summed E-state index contributed by atoms with van der Waals surface area (Å²) in [5.74, 6) is 0. The zero-order chi connectivity index (χ0) is 11.9. The highest BCUT2D eigenvalue weighted by atomic mass is 32.1. The summed E-state index contributed by atoms with van der Waals surface area (Å²) >= 11 is 1.80. The molecule has 0 aliphatic heterocycles. The molecule has 0 saturated heterocycles. The molecule has 2 rings (SSSR count). The SMILES string of the molecule is OCCn1cc(CNCCc2cccs2)cn1. The summed E-state index contributed by atoms with van der Waals surface area (Å²) in [7, 11) is 0. The van der Waals surface area contributed by atoms with Gasteiger partial charge >= 0.3 is 0 Å². The van der Waals surface area contributed by atoms with Gasteiger partial charge in [-0.3, -0.25) is 4.68 Å². The minimum atomic E-state index is 0.132. The lowest BCUT2D eigenvalue weighted by molar-refractivity contribution is 0.269. The third-order valence-corrected chi connectivity index (χ3v) is 3.41. The summed E-state index contributed by atoms with van der Waals surface area (Å²) < 4.78 is 1.76. The van der Waals surface area contributed by atoms with Gasteiger partial charge in [-0.1, -0.05) is 6.07 Å². The van der Waals surface area contributed by atoms with E-state index in [1.165, 1.54) is 4.88 Å². The minimum Gasteiger partial charge on any atom is -0.394 e. The van der Waals surface area contributed by atoms with E-state index < -0.39 is 0 Å². The first-order valence-electron chi connectivity index (χ1n) is 5.74. The van der Waals surface area contributed by atoms with Gasteiger partial charge in [-0.05, 0) is 17.9 Å². The summed E-state index contributed by atoms with van der Waals surface area (Å²) in [4.78, 5) is 1.41. The maximum absolute atomic E-state index is 8.77. The lowest BCUT2D eigenvalue weighted by Gasteiger charge is -2.01. The summed E-state index contributed by atoms with van der Waals surface area (Å²) in [6, 6.07) is 4.24. The summed E-state index contributed by atoms with van der Waals surface area (Å²) in [6.07, 6.45) is 4.88. The number of aliphatic hydroxyl groups excluding tert-OH is 1. The Hall–Kier alpha value is -1.17. The molecule has 0 saturated carbocycles. The van der Waals surface area contributed by atoms with Crippen molar-refractivity contribution in [2.24, 2.45) is 0 Å². The average molecular weight is 251 g/mol. The molecule has 2 heterocycles. The Morgan fingerprint density at radius 2 is 2.41 bits per heavy atom. The van der Waals surface area contributed by atoms with Crippen LogP contribution in [0.5, 0.6) is 0 Å². The lowest BCUT2D eigenvalue weighted by Crippen LogP contribution is -2.15. The lowest BCUT2D eigenvalue weighted by atomic mass is 10.3. The highest BCUT2D eigenvalue weighted by molar-refractivity contribution is 7.09. The fourth-order valence-corrected chi connectivity index (χ4v) is 2.33. The Morgan fingerprint density at radius 3 is 3.18 bits per heavy atom. The first-order valence-corrected chi connectivity index (χ1v) is 6.62. The number of hydrogen-bond donors (Lipinski definition) is 2. The molecule has 0 atom stereocenters. The Balaban J connectivity index is 1.67. The van der Waals surface area contributed by atoms with Crippen molar-refractivity contribution in [2.75, 3.05) is 13.2 Å². The molecule has 0 aliphatic carbocycles. The second-order valence-electron chi connectivity index (χ2n) is 3.84. The molecule has 0 unspecified atom stereocenters. The first-order chi connectivity index (χ1) is 8.38. The zero-order valence-corrected chi connectivity index (χ0v) is 10.5. The molecule has 0 spiro atoms. The average Bonchev–Trinajstić information content (AvgIpc) is 2.96. The Labute approximate surface area is 105 Å². The highest BCUT2D eigenvalue weighted by Crippen LogP contribution is 2.08. The Bertz CT molecular complexity index is 425. The second-order valence-corrected chi connectivity index (χ2v) is 4.87. The van der Waals surface area contributed by atoms with E-state index in [0.717, 1.165) is 25.1 Å². The van der Waals surface area contributed by atoms with E-state index in [-0.39, 0.29) is 6.61 Å². The van der Waals surface area contributed by atoms with Crippen LogP contribution in [-0.4, -0.2) is 28.0 Å². The van der Waals surface area contributed by atoms with Crippen molar-refractivity contribution in [1.29, 1.82) is 0 Å². The second kappa shape index (κ2) is 6.54. The minimum absolute atomic E-state index is 0.132. The molecule has 0 aromatic carbocycles. The summed E-state index contributed by atoms with van der Waals surface area (Å²) in [5, 5.41) is 18.4. The molecule has 0 aliphatic rings. The van der Waals surface area contributed by atoms with E-state index in [1.807, 2.05) is 12.4 Å². The van der Waals surface area contributed by atoms with Crippen LogP contribution < -0.4 is 5.32 Å². The molecular formula is C12H17N3OS. The standard InChI is InChI=1S/C12H17N3OS/c16-6-5-15-10-11(9-14-15)8-13-4-3-12-2-1-7-17-12/h1-2,7,9-10,13,16H,3-6,8H2. The van der Waals surface area contributed by atoms with Crippen LogP contribution in [0.15, 0.2) is 29.9 Å². The van der Waals surface area contributed by atoms with E-state index in [2.05, 4.69) is 27.9 Å². The third kappa shape index (κ3) is 3.96. The van der Waals surface area contributed by atoms with E-state index in [4.69, 9.17) is 5.11 Å². The fraction of sp³-hybridized carbons (Fsp3) is 0.417. The molecule has 92 valence electrons. The van der Waals surface area contributed by atoms with Gasteiger partial charge in [0.15, 0.2) is 0 Å². The van der Waals surface area contributed by atoms with Gasteiger partial charge in [-0.15, -0.1) is 11.3 Å². The predicted octanol–water partition coefficient (Wildman–Crippen LogP) is 1.27. The van der Waals surface area contributed by atoms with Crippen molar-refractivity contribution in [3.8, 4) is 0 Å². The van der Waals surface area contributed by atoms with Gasteiger partial charge in [0.05, 0.1) is 19.3 Å². The van der Waals surface area contributed by atoms with E-state index in [0.29, 0.717) is 6.54 Å². The van der Waals surface area contributed by atoms with Crippen molar-refractivity contribution in [3.63, 3.8) is 0 Å². The summed E-state index contributed by atoms with van der Waals surface area (Å²) in [6.45, 7) is 2.50. The van der Waals surface area contributed by atoms with Crippen LogP contribution in [0, 0.1) is 0 Å². The normalized spacial score (nSPS) is 10.9. The number of aromatic nitrogens is 2. The van der Waals surface area contributed by atoms with Crippen molar-refractivity contribution in [1.82, 2.24) is 15.1 Å². The molecule has 0 amide bonds. The maximum Gasteiger partial charge on any atom is 0.0640 e. The van der Waals surface area contributed by atoms with Crippen molar-refractivity contribution in [3.05, 3.63) is 40.3 Å². The molecule has 0 fully saturated rings. The molecule has 2 aromatic heterocycles. The van der Waals surface area contributed by atoms with Gasteiger partial charge in [-0.25, -0.2) is 0 Å². The van der Waals surface area contributed by atoms with Gasteiger partial charge in [0.25, 0.3) is 0 Å². The van der Waals surface area contributed by atoms with Crippen LogP contribution in [0.25, 0.3) is 0 Å². The molecule has 2 aromatic rings. The molecule has 4 nitrogen and oxygen atoms in total. The molecule has 2 N–H and O–H groups in total. The predicted molar refractivity (Wildman–Crippen MR) is 69.0 cm³/mol. The number of nitrogens with one attached hydrogen (secondary N) is 1. The first kappa shape index (κ1) is 12.3. The molecule has 0 bridgehead atoms. The number of rotatable bonds is 7. The van der Waals surface area contributed by atoms with Crippen LogP contribution in [0.4, 0.5) is 0 Å². The molecule has 17 heavy (non-hydrogen) atoms. The van der Waals surface area contributed by atoms with Crippen LogP contribution >= 0.6 is 11.3 Å². The molecule has 5 heteroatoms. The molecular weight excluding hydrogens is 234 g/mol. The number of aliphatic hydroxyl groups is 1. The van der Waals surface area contributed by atoms with Crippen LogP contribution in [0.1, 0.15) is 10.4 Å². The van der Waals surface area contributed by atoms with Crippen LogP contribution in [0.3, 0.4) is 0 Å². The smallest absolute Gasteiger partial charge is 0.0640 e.